The van der Waals surface area contributed by atoms with Crippen molar-refractivity contribution in [3.63, 3.8) is 0 Å². The van der Waals surface area contributed by atoms with Gasteiger partial charge < -0.3 is 5.73 Å². The van der Waals surface area contributed by atoms with Gasteiger partial charge >= 0.3 is 6.18 Å². The number of benzene rings is 1. The van der Waals surface area contributed by atoms with Crippen molar-refractivity contribution in [3.05, 3.63) is 42.1 Å². The van der Waals surface area contributed by atoms with Crippen LogP contribution >= 0.6 is 0 Å². The average Bonchev–Trinajstić information content (AvgIpc) is 2.37. The maximum Gasteiger partial charge on any atom is 0.417 e. The minimum Gasteiger partial charge on any atom is -0.383 e. The first kappa shape index (κ1) is 15.3. The standard InChI is InChI=1S/C13H11F3N2O2S/c1-21(19,20)10-4-2-3-8(5-10)11-6-9(13(14,15)16)7-18-12(11)17/h2-7H,1H3,(H2,17,18). The van der Waals surface area contributed by atoms with Crippen molar-refractivity contribution in [1.82, 2.24) is 4.98 Å². The molecule has 0 aliphatic heterocycles. The van der Waals surface area contributed by atoms with Gasteiger partial charge in [0, 0.05) is 18.0 Å². The third kappa shape index (κ3) is 3.33. The van der Waals surface area contributed by atoms with Gasteiger partial charge in [0.05, 0.1) is 10.5 Å². The highest BCUT2D eigenvalue weighted by Gasteiger charge is 2.31. The molecule has 0 aliphatic carbocycles. The van der Waals surface area contributed by atoms with Crippen LogP contribution in [0, 0.1) is 0 Å². The highest BCUT2D eigenvalue weighted by molar-refractivity contribution is 7.90. The maximum absolute atomic E-state index is 12.7. The van der Waals surface area contributed by atoms with Crippen molar-refractivity contribution in [2.45, 2.75) is 11.1 Å². The Morgan fingerprint density at radius 1 is 1.19 bits per heavy atom. The van der Waals surface area contributed by atoms with Gasteiger partial charge in [0.25, 0.3) is 0 Å². The zero-order valence-electron chi connectivity index (χ0n) is 10.8. The largest absolute Gasteiger partial charge is 0.417 e. The predicted molar refractivity (Wildman–Crippen MR) is 72.2 cm³/mol. The lowest BCUT2D eigenvalue weighted by Gasteiger charge is -2.11. The first-order valence-corrected chi connectivity index (χ1v) is 7.61. The van der Waals surface area contributed by atoms with Gasteiger partial charge in [-0.2, -0.15) is 13.2 Å². The first-order chi connectivity index (χ1) is 9.59. The molecule has 0 amide bonds. The Morgan fingerprint density at radius 2 is 1.86 bits per heavy atom. The minimum atomic E-state index is -4.55. The third-order valence-corrected chi connectivity index (χ3v) is 3.93. The van der Waals surface area contributed by atoms with Gasteiger partial charge in [-0.05, 0) is 23.8 Å². The molecule has 4 nitrogen and oxygen atoms in total. The molecule has 0 fully saturated rings. The van der Waals surface area contributed by atoms with Crippen molar-refractivity contribution in [2.24, 2.45) is 0 Å². The number of rotatable bonds is 2. The summed E-state index contributed by atoms with van der Waals surface area (Å²) in [5.41, 5.74) is 4.94. The van der Waals surface area contributed by atoms with Crippen molar-refractivity contribution < 1.29 is 21.6 Å². The molecule has 1 heterocycles. The number of aromatic nitrogens is 1. The number of pyridine rings is 1. The summed E-state index contributed by atoms with van der Waals surface area (Å²) < 4.78 is 61.1. The number of nitrogen functional groups attached to an aromatic ring is 1. The molecule has 8 heteroatoms. The van der Waals surface area contributed by atoms with E-state index in [1.807, 2.05) is 0 Å². The van der Waals surface area contributed by atoms with Crippen LogP contribution in [0.5, 0.6) is 0 Å². The highest BCUT2D eigenvalue weighted by atomic mass is 32.2. The molecule has 0 unspecified atom stereocenters. The number of sulfone groups is 1. The van der Waals surface area contributed by atoms with Gasteiger partial charge in [-0.3, -0.25) is 0 Å². The summed E-state index contributed by atoms with van der Waals surface area (Å²) in [4.78, 5) is 3.52. The van der Waals surface area contributed by atoms with Gasteiger partial charge in [0.1, 0.15) is 5.82 Å². The molecule has 0 saturated carbocycles. The summed E-state index contributed by atoms with van der Waals surface area (Å²) in [6.45, 7) is 0. The minimum absolute atomic E-state index is 0.00295. The Labute approximate surface area is 119 Å². The van der Waals surface area contributed by atoms with Crippen LogP contribution in [0.1, 0.15) is 5.56 Å². The molecule has 0 aliphatic rings. The Balaban J connectivity index is 2.62. The van der Waals surface area contributed by atoms with Crippen LogP contribution < -0.4 is 5.73 Å². The molecule has 112 valence electrons. The van der Waals surface area contributed by atoms with Crippen molar-refractivity contribution >= 4 is 15.7 Å². The topological polar surface area (TPSA) is 73.0 Å². The number of nitrogens with zero attached hydrogens (tertiary/aromatic N) is 1. The van der Waals surface area contributed by atoms with Crippen LogP contribution in [0.3, 0.4) is 0 Å². The molecule has 0 radical (unpaired) electrons. The Hall–Kier alpha value is -2.09. The van der Waals surface area contributed by atoms with Crippen LogP contribution in [0.15, 0.2) is 41.4 Å². The average molecular weight is 316 g/mol. The van der Waals surface area contributed by atoms with Gasteiger partial charge in [-0.25, -0.2) is 13.4 Å². The zero-order chi connectivity index (χ0) is 15.8. The number of nitrogens with two attached hydrogens (primary N) is 1. The summed E-state index contributed by atoms with van der Waals surface area (Å²) in [6, 6.07) is 6.39. The van der Waals surface area contributed by atoms with Crippen LogP contribution in [0.25, 0.3) is 11.1 Å². The summed E-state index contributed by atoms with van der Waals surface area (Å²) in [5.74, 6) is -0.103. The number of hydrogen-bond acceptors (Lipinski definition) is 4. The van der Waals surface area contributed by atoms with E-state index in [4.69, 9.17) is 5.73 Å². The molecular formula is C13H11F3N2O2S. The number of anilines is 1. The number of halogens is 3. The summed E-state index contributed by atoms with van der Waals surface area (Å²) in [5, 5.41) is 0. The highest BCUT2D eigenvalue weighted by Crippen LogP contribution is 2.34. The van der Waals surface area contributed by atoms with Crippen LogP contribution in [0.2, 0.25) is 0 Å². The summed E-state index contributed by atoms with van der Waals surface area (Å²) in [7, 11) is -3.47. The lowest BCUT2D eigenvalue weighted by atomic mass is 10.0. The lowest BCUT2D eigenvalue weighted by molar-refractivity contribution is -0.137. The molecular weight excluding hydrogens is 305 g/mol. The van der Waals surface area contributed by atoms with E-state index < -0.39 is 21.6 Å². The van der Waals surface area contributed by atoms with E-state index in [0.29, 0.717) is 6.20 Å². The molecule has 0 bridgehead atoms. The molecule has 0 spiro atoms. The van der Waals surface area contributed by atoms with Crippen LogP contribution in [-0.4, -0.2) is 19.7 Å². The molecule has 1 aromatic heterocycles. The second-order valence-corrected chi connectivity index (χ2v) is 6.47. The van der Waals surface area contributed by atoms with Crippen molar-refractivity contribution in [2.75, 3.05) is 12.0 Å². The smallest absolute Gasteiger partial charge is 0.383 e. The normalized spacial score (nSPS) is 12.4. The van der Waals surface area contributed by atoms with Crippen molar-refractivity contribution in [3.8, 4) is 11.1 Å². The Kier molecular flexibility index (Phi) is 3.66. The molecule has 2 rings (SSSR count). The fourth-order valence-corrected chi connectivity index (χ4v) is 2.42. The predicted octanol–water partition coefficient (Wildman–Crippen LogP) is 2.75. The lowest BCUT2D eigenvalue weighted by Crippen LogP contribution is -2.07. The zero-order valence-corrected chi connectivity index (χ0v) is 11.7. The summed E-state index contributed by atoms with van der Waals surface area (Å²) >= 11 is 0. The maximum atomic E-state index is 12.7. The molecule has 2 aromatic rings. The second-order valence-electron chi connectivity index (χ2n) is 4.45. The third-order valence-electron chi connectivity index (χ3n) is 2.82. The van der Waals surface area contributed by atoms with Gasteiger partial charge in [-0.15, -0.1) is 0 Å². The fourth-order valence-electron chi connectivity index (χ4n) is 1.76. The van der Waals surface area contributed by atoms with Gasteiger partial charge in [0.15, 0.2) is 9.84 Å². The van der Waals surface area contributed by atoms with E-state index in [1.165, 1.54) is 24.3 Å². The fraction of sp³-hybridized carbons (Fsp3) is 0.154. The molecule has 1 aromatic carbocycles. The van der Waals surface area contributed by atoms with Gasteiger partial charge in [0.2, 0.25) is 0 Å². The van der Waals surface area contributed by atoms with Gasteiger partial charge in [-0.1, -0.05) is 12.1 Å². The van der Waals surface area contributed by atoms with E-state index in [1.54, 1.807) is 0 Å². The monoisotopic (exact) mass is 316 g/mol. The Morgan fingerprint density at radius 3 is 2.43 bits per heavy atom. The van der Waals surface area contributed by atoms with E-state index in [9.17, 15) is 21.6 Å². The van der Waals surface area contributed by atoms with Crippen LogP contribution in [0.4, 0.5) is 19.0 Å². The van der Waals surface area contributed by atoms with Crippen LogP contribution in [-0.2, 0) is 16.0 Å². The molecule has 2 N–H and O–H groups in total. The second kappa shape index (κ2) is 5.03. The van der Waals surface area contributed by atoms with E-state index in [0.717, 1.165) is 12.3 Å². The van der Waals surface area contributed by atoms with E-state index in [2.05, 4.69) is 4.98 Å². The summed E-state index contributed by atoms with van der Waals surface area (Å²) in [6.07, 6.45) is -2.90. The molecule has 0 atom stereocenters. The Bertz CT molecular complexity index is 786. The molecule has 0 saturated heterocycles. The quantitative estimate of drug-likeness (QED) is 0.924. The number of alkyl halides is 3. The first-order valence-electron chi connectivity index (χ1n) is 5.72. The SMILES string of the molecule is CS(=O)(=O)c1cccc(-c2cc(C(F)(F)F)cnc2N)c1. The molecule has 21 heavy (non-hydrogen) atoms. The number of hydrogen-bond donors (Lipinski definition) is 1. The van der Waals surface area contributed by atoms with E-state index >= 15 is 0 Å². The van der Waals surface area contributed by atoms with E-state index in [-0.39, 0.29) is 21.8 Å². The van der Waals surface area contributed by atoms with Crippen molar-refractivity contribution in [1.29, 1.82) is 0 Å².